The molecule has 40 heavy (non-hydrogen) atoms. The molecule has 0 saturated carbocycles. The summed E-state index contributed by atoms with van der Waals surface area (Å²) in [4.78, 5) is 35.3. The average molecular weight is 565 g/mol. The van der Waals surface area contributed by atoms with Gasteiger partial charge >= 0.3 is 0 Å². The second-order valence-corrected chi connectivity index (χ2v) is 11.3. The summed E-state index contributed by atoms with van der Waals surface area (Å²) >= 11 is 1.65. The highest BCUT2D eigenvalue weighted by Gasteiger charge is 2.32. The zero-order valence-corrected chi connectivity index (χ0v) is 24.0. The third-order valence-corrected chi connectivity index (χ3v) is 7.98. The Morgan fingerprint density at radius 1 is 1.20 bits per heavy atom. The van der Waals surface area contributed by atoms with Gasteiger partial charge in [-0.2, -0.15) is 0 Å². The monoisotopic (exact) mass is 564 g/mol. The molecule has 2 atom stereocenters. The van der Waals surface area contributed by atoms with Crippen molar-refractivity contribution >= 4 is 23.2 Å². The topological polar surface area (TPSA) is 93.2 Å². The van der Waals surface area contributed by atoms with E-state index in [0.717, 1.165) is 42.2 Å². The van der Waals surface area contributed by atoms with Crippen molar-refractivity contribution in [3.8, 4) is 17.2 Å². The third kappa shape index (κ3) is 6.80. The maximum absolute atomic E-state index is 13.5. The molecule has 1 fully saturated rings. The standard InChI is InChI=1S/C30H36N4O5S/c1-4-11-34-17-29(35)32-25-10-12-33(15-23-19-40-20(2)31-23)16-28(25)38-18-21-6-5-7-24(13-21)39-27-14-22(30(34)36)8-9-26(27)37-3/h5-9,13-14,19,25,28H,4,10-12,15-18H2,1-3H3,(H,32,35)/t25-,28-/m0/s1. The van der Waals surface area contributed by atoms with Gasteiger partial charge in [0.15, 0.2) is 11.5 Å². The first-order chi connectivity index (χ1) is 19.4. The molecular weight excluding hydrogens is 528 g/mol. The molecule has 2 aliphatic heterocycles. The number of nitrogens with one attached hydrogen (secondary N) is 1. The van der Waals surface area contributed by atoms with Gasteiger partial charge in [-0.3, -0.25) is 14.5 Å². The number of aryl methyl sites for hydroxylation is 1. The summed E-state index contributed by atoms with van der Waals surface area (Å²) in [6.07, 6.45) is 1.25. The Bertz CT molecular complexity index is 1350. The molecule has 0 radical (unpaired) electrons. The van der Waals surface area contributed by atoms with Gasteiger partial charge in [-0.25, -0.2) is 4.98 Å². The minimum Gasteiger partial charge on any atom is -0.493 e. The van der Waals surface area contributed by atoms with Crippen LogP contribution < -0.4 is 14.8 Å². The molecule has 1 saturated heterocycles. The van der Waals surface area contributed by atoms with Crippen molar-refractivity contribution in [2.75, 3.05) is 33.3 Å². The number of thiazole rings is 1. The van der Waals surface area contributed by atoms with Crippen LogP contribution in [0.15, 0.2) is 47.8 Å². The summed E-state index contributed by atoms with van der Waals surface area (Å²) in [5.74, 6) is 1.14. The molecule has 3 heterocycles. The van der Waals surface area contributed by atoms with E-state index >= 15 is 0 Å². The number of nitrogens with zero attached hydrogens (tertiary/aromatic N) is 3. The number of methoxy groups -OCH3 is 1. The lowest BCUT2D eigenvalue weighted by atomic mass is 10.0. The summed E-state index contributed by atoms with van der Waals surface area (Å²) in [6.45, 7) is 7.03. The van der Waals surface area contributed by atoms with Gasteiger partial charge in [0.25, 0.3) is 5.91 Å². The molecular formula is C30H36N4O5S. The van der Waals surface area contributed by atoms with Crippen molar-refractivity contribution in [1.29, 1.82) is 0 Å². The quantitative estimate of drug-likeness (QED) is 0.491. The van der Waals surface area contributed by atoms with Gasteiger partial charge < -0.3 is 24.4 Å². The number of fused-ring (bicyclic) bond motifs is 5. The van der Waals surface area contributed by atoms with Crippen LogP contribution in [0.1, 0.15) is 46.4 Å². The summed E-state index contributed by atoms with van der Waals surface area (Å²) in [7, 11) is 1.56. The Balaban J connectivity index is 1.43. The van der Waals surface area contributed by atoms with E-state index in [1.165, 1.54) is 0 Å². The highest BCUT2D eigenvalue weighted by atomic mass is 32.1. The van der Waals surface area contributed by atoms with Crippen molar-refractivity contribution in [1.82, 2.24) is 20.1 Å². The smallest absolute Gasteiger partial charge is 0.254 e. The van der Waals surface area contributed by atoms with Crippen LogP contribution in [-0.4, -0.2) is 72.0 Å². The minimum atomic E-state index is -0.230. The molecule has 0 spiro atoms. The number of ether oxygens (including phenoxy) is 3. The Morgan fingerprint density at radius 2 is 2.08 bits per heavy atom. The lowest BCUT2D eigenvalue weighted by Crippen LogP contribution is -2.56. The summed E-state index contributed by atoms with van der Waals surface area (Å²) in [5.41, 5.74) is 2.43. The first-order valence-corrected chi connectivity index (χ1v) is 14.6. The number of carbonyl (C=O) groups excluding carboxylic acids is 2. The predicted molar refractivity (Wildman–Crippen MR) is 153 cm³/mol. The van der Waals surface area contributed by atoms with Crippen LogP contribution in [0.25, 0.3) is 0 Å². The molecule has 3 aromatic rings. The third-order valence-electron chi connectivity index (χ3n) is 7.16. The van der Waals surface area contributed by atoms with Crippen LogP contribution >= 0.6 is 11.3 Å². The van der Waals surface area contributed by atoms with E-state index < -0.39 is 0 Å². The number of carbonyl (C=O) groups is 2. The molecule has 2 amide bonds. The Hall–Kier alpha value is -3.47. The van der Waals surface area contributed by atoms with Gasteiger partial charge in [0, 0.05) is 37.1 Å². The Labute approximate surface area is 239 Å². The second-order valence-electron chi connectivity index (χ2n) is 10.2. The molecule has 9 nitrogen and oxygen atoms in total. The fraction of sp³-hybridized carbons (Fsp3) is 0.433. The molecule has 4 bridgehead atoms. The molecule has 2 aromatic carbocycles. The second kappa shape index (κ2) is 12.8. The lowest BCUT2D eigenvalue weighted by Gasteiger charge is -2.38. The van der Waals surface area contributed by atoms with Crippen LogP contribution in [0.5, 0.6) is 17.2 Å². The fourth-order valence-corrected chi connectivity index (χ4v) is 5.82. The molecule has 0 aliphatic carbocycles. The van der Waals surface area contributed by atoms with Crippen molar-refractivity contribution in [3.63, 3.8) is 0 Å². The van der Waals surface area contributed by atoms with Gasteiger partial charge in [-0.15, -0.1) is 11.3 Å². The van der Waals surface area contributed by atoms with E-state index in [1.54, 1.807) is 41.5 Å². The molecule has 1 N–H and O–H groups in total. The Kier molecular flexibility index (Phi) is 8.98. The van der Waals surface area contributed by atoms with Crippen LogP contribution in [0.3, 0.4) is 0 Å². The highest BCUT2D eigenvalue weighted by Crippen LogP contribution is 2.33. The van der Waals surface area contributed by atoms with Crippen molar-refractivity contribution < 1.29 is 23.8 Å². The number of likely N-dealkylation sites (tertiary alicyclic amines) is 1. The Morgan fingerprint density at radius 3 is 2.85 bits per heavy atom. The number of piperidine rings is 1. The summed E-state index contributed by atoms with van der Waals surface area (Å²) < 4.78 is 18.1. The van der Waals surface area contributed by atoms with E-state index in [9.17, 15) is 9.59 Å². The average Bonchev–Trinajstić information content (AvgIpc) is 3.36. The largest absolute Gasteiger partial charge is 0.493 e. The first-order valence-electron chi connectivity index (χ1n) is 13.7. The van der Waals surface area contributed by atoms with Crippen LogP contribution in [0.4, 0.5) is 0 Å². The SMILES string of the molecule is CCCN1CC(=O)N[C@H]2CCN(Cc3csc(C)n3)C[C@@H]2OCc2cccc(c2)Oc2cc(ccc2OC)C1=O. The van der Waals surface area contributed by atoms with Gasteiger partial charge in [0.05, 0.1) is 43.1 Å². The van der Waals surface area contributed by atoms with Crippen molar-refractivity contribution in [2.45, 2.75) is 52.0 Å². The van der Waals surface area contributed by atoms with E-state index in [4.69, 9.17) is 14.2 Å². The van der Waals surface area contributed by atoms with E-state index in [2.05, 4.69) is 20.6 Å². The normalized spacial score (nSPS) is 20.4. The summed E-state index contributed by atoms with van der Waals surface area (Å²) in [5, 5.41) is 6.33. The molecule has 212 valence electrons. The molecule has 1 aromatic heterocycles. The number of hydrogen-bond acceptors (Lipinski definition) is 8. The van der Waals surface area contributed by atoms with Crippen molar-refractivity contribution in [2.24, 2.45) is 0 Å². The number of amides is 2. The van der Waals surface area contributed by atoms with E-state index in [1.807, 2.05) is 38.1 Å². The number of rotatable bonds is 5. The summed E-state index contributed by atoms with van der Waals surface area (Å²) in [6, 6.07) is 12.6. The number of benzene rings is 2. The molecule has 0 unspecified atom stereocenters. The fourth-order valence-electron chi connectivity index (χ4n) is 5.22. The highest BCUT2D eigenvalue weighted by molar-refractivity contribution is 7.09. The maximum atomic E-state index is 13.5. The van der Waals surface area contributed by atoms with Crippen LogP contribution in [0.2, 0.25) is 0 Å². The minimum absolute atomic E-state index is 0.0288. The van der Waals surface area contributed by atoms with Crippen LogP contribution in [0, 0.1) is 6.92 Å². The van der Waals surface area contributed by atoms with Gasteiger partial charge in [0.2, 0.25) is 5.91 Å². The van der Waals surface area contributed by atoms with Gasteiger partial charge in [0.1, 0.15) is 5.75 Å². The number of aromatic nitrogens is 1. The van der Waals surface area contributed by atoms with Crippen LogP contribution in [-0.2, 0) is 22.7 Å². The zero-order valence-electron chi connectivity index (χ0n) is 23.2. The predicted octanol–water partition coefficient (Wildman–Crippen LogP) is 4.39. The molecule has 5 rings (SSSR count). The number of hydrogen-bond donors (Lipinski definition) is 1. The van der Waals surface area contributed by atoms with Crippen molar-refractivity contribution in [3.05, 3.63) is 69.7 Å². The zero-order chi connectivity index (χ0) is 28.1. The molecule has 2 aliphatic rings. The van der Waals surface area contributed by atoms with E-state index in [0.29, 0.717) is 42.5 Å². The van der Waals surface area contributed by atoms with Gasteiger partial charge in [-0.05, 0) is 55.7 Å². The lowest BCUT2D eigenvalue weighted by molar-refractivity contribution is -0.125. The van der Waals surface area contributed by atoms with Gasteiger partial charge in [-0.1, -0.05) is 19.1 Å². The molecule has 10 heteroatoms. The maximum Gasteiger partial charge on any atom is 0.254 e. The first kappa shape index (κ1) is 28.1. The van der Waals surface area contributed by atoms with E-state index in [-0.39, 0.29) is 30.5 Å².